The molecule has 3 rings (SSSR count). The fourth-order valence-electron chi connectivity index (χ4n) is 1.95. The third-order valence-corrected chi connectivity index (χ3v) is 2.92. The average Bonchev–Trinajstić information content (AvgIpc) is 3.05. The molecule has 3 N–H and O–H groups in total. The van der Waals surface area contributed by atoms with E-state index in [9.17, 15) is 5.11 Å². The Morgan fingerprint density at radius 1 is 1.39 bits per heavy atom. The van der Waals surface area contributed by atoms with Crippen LogP contribution in [0.4, 0.5) is 0 Å². The van der Waals surface area contributed by atoms with E-state index in [4.69, 9.17) is 9.47 Å². The molecule has 0 fully saturated rings. The normalized spacial score (nSPS) is 18.2. The van der Waals surface area contributed by atoms with Gasteiger partial charge in [0, 0.05) is 13.1 Å². The van der Waals surface area contributed by atoms with Crippen LogP contribution < -0.4 is 20.1 Å². The second kappa shape index (κ2) is 4.73. The summed E-state index contributed by atoms with van der Waals surface area (Å²) in [7, 11) is 0. The van der Waals surface area contributed by atoms with Crippen LogP contribution in [-0.2, 0) is 0 Å². The van der Waals surface area contributed by atoms with Gasteiger partial charge >= 0.3 is 0 Å². The maximum atomic E-state index is 10.1. The lowest BCUT2D eigenvalue weighted by Gasteiger charge is -2.13. The van der Waals surface area contributed by atoms with Gasteiger partial charge in [0.1, 0.15) is 0 Å². The Morgan fingerprint density at radius 3 is 3.11 bits per heavy atom. The summed E-state index contributed by atoms with van der Waals surface area (Å²) in [6.45, 7) is 2.28. The molecule has 0 spiro atoms. The van der Waals surface area contributed by atoms with E-state index >= 15 is 0 Å². The van der Waals surface area contributed by atoms with Crippen molar-refractivity contribution in [3.05, 3.63) is 23.8 Å². The minimum atomic E-state index is -0.607. The maximum absolute atomic E-state index is 10.1. The standard InChI is InChI=1S/C12H15N3O3/c16-9(6-15-12-13-3-4-14-12)8-1-2-10-11(5-8)18-7-17-10/h1-2,5,9,16H,3-4,6-7H2,(H2,13,14,15). The number of rotatable bonds is 3. The predicted molar refractivity (Wildman–Crippen MR) is 65.8 cm³/mol. The number of ether oxygens (including phenoxy) is 2. The predicted octanol–water partition coefficient (Wildman–Crippen LogP) is -0.00250. The molecule has 1 aromatic carbocycles. The topological polar surface area (TPSA) is 75.1 Å². The first-order chi connectivity index (χ1) is 8.83. The summed E-state index contributed by atoms with van der Waals surface area (Å²) in [5.74, 6) is 2.15. The van der Waals surface area contributed by atoms with Crippen molar-refractivity contribution < 1.29 is 14.6 Å². The number of fused-ring (bicyclic) bond motifs is 1. The summed E-state index contributed by atoms with van der Waals surface area (Å²) >= 11 is 0. The van der Waals surface area contributed by atoms with Gasteiger partial charge in [0.2, 0.25) is 6.79 Å². The smallest absolute Gasteiger partial charge is 0.231 e. The third kappa shape index (κ3) is 2.19. The molecular formula is C12H15N3O3. The molecule has 6 nitrogen and oxygen atoms in total. The SMILES string of the molecule is OC(CNC1=NCCN1)c1ccc2c(c1)OCO2. The van der Waals surface area contributed by atoms with E-state index in [1.807, 2.05) is 12.1 Å². The number of aliphatic imine (C=N–C) groups is 1. The van der Waals surface area contributed by atoms with Crippen molar-refractivity contribution in [1.29, 1.82) is 0 Å². The molecule has 2 aliphatic heterocycles. The highest BCUT2D eigenvalue weighted by Crippen LogP contribution is 2.33. The van der Waals surface area contributed by atoms with Crippen molar-refractivity contribution in [2.24, 2.45) is 4.99 Å². The van der Waals surface area contributed by atoms with E-state index < -0.39 is 6.10 Å². The highest BCUT2D eigenvalue weighted by atomic mass is 16.7. The fraction of sp³-hybridized carbons (Fsp3) is 0.417. The second-order valence-electron chi connectivity index (χ2n) is 4.17. The molecule has 1 unspecified atom stereocenters. The lowest BCUT2D eigenvalue weighted by atomic mass is 10.1. The van der Waals surface area contributed by atoms with Gasteiger partial charge in [0.15, 0.2) is 17.5 Å². The van der Waals surface area contributed by atoms with Crippen molar-refractivity contribution in [2.45, 2.75) is 6.10 Å². The fourth-order valence-corrected chi connectivity index (χ4v) is 1.95. The number of guanidine groups is 1. The zero-order valence-corrected chi connectivity index (χ0v) is 9.85. The summed E-state index contributed by atoms with van der Waals surface area (Å²) in [5.41, 5.74) is 0.797. The van der Waals surface area contributed by atoms with Gasteiger partial charge in [-0.15, -0.1) is 0 Å². The van der Waals surface area contributed by atoms with E-state index in [0.717, 1.165) is 30.4 Å². The van der Waals surface area contributed by atoms with Gasteiger partial charge in [-0.1, -0.05) is 6.07 Å². The highest BCUT2D eigenvalue weighted by Gasteiger charge is 2.17. The number of aliphatic hydroxyl groups excluding tert-OH is 1. The molecule has 0 amide bonds. The van der Waals surface area contributed by atoms with Crippen LogP contribution >= 0.6 is 0 Å². The van der Waals surface area contributed by atoms with Gasteiger partial charge in [0.05, 0.1) is 12.6 Å². The largest absolute Gasteiger partial charge is 0.454 e. The Balaban J connectivity index is 1.63. The number of hydrogen-bond acceptors (Lipinski definition) is 6. The summed E-state index contributed by atoms with van der Waals surface area (Å²) in [4.78, 5) is 4.20. The van der Waals surface area contributed by atoms with Crippen LogP contribution in [0.2, 0.25) is 0 Å². The van der Waals surface area contributed by atoms with E-state index in [1.54, 1.807) is 6.07 Å². The van der Waals surface area contributed by atoms with E-state index in [1.165, 1.54) is 0 Å². The average molecular weight is 249 g/mol. The van der Waals surface area contributed by atoms with Crippen molar-refractivity contribution in [3.63, 3.8) is 0 Å². The van der Waals surface area contributed by atoms with Gasteiger partial charge in [-0.3, -0.25) is 4.99 Å². The molecule has 0 saturated carbocycles. The quantitative estimate of drug-likeness (QED) is 0.703. The number of aliphatic hydroxyl groups is 1. The zero-order chi connectivity index (χ0) is 12.4. The monoisotopic (exact) mass is 249 g/mol. The molecule has 18 heavy (non-hydrogen) atoms. The summed E-state index contributed by atoms with van der Waals surface area (Å²) in [6.07, 6.45) is -0.607. The summed E-state index contributed by atoms with van der Waals surface area (Å²) in [5, 5.41) is 16.2. The van der Waals surface area contributed by atoms with Crippen LogP contribution in [0.5, 0.6) is 11.5 Å². The molecule has 0 radical (unpaired) electrons. The molecule has 2 aliphatic rings. The zero-order valence-electron chi connectivity index (χ0n) is 9.85. The first-order valence-corrected chi connectivity index (χ1v) is 5.93. The molecule has 6 heteroatoms. The lowest BCUT2D eigenvalue weighted by molar-refractivity contribution is 0.172. The van der Waals surface area contributed by atoms with E-state index in [2.05, 4.69) is 15.6 Å². The van der Waals surface area contributed by atoms with Crippen LogP contribution in [0.3, 0.4) is 0 Å². The van der Waals surface area contributed by atoms with Crippen LogP contribution in [0.25, 0.3) is 0 Å². The van der Waals surface area contributed by atoms with Crippen molar-refractivity contribution in [2.75, 3.05) is 26.4 Å². The van der Waals surface area contributed by atoms with E-state index in [-0.39, 0.29) is 6.79 Å². The molecule has 2 heterocycles. The first-order valence-electron chi connectivity index (χ1n) is 5.93. The van der Waals surface area contributed by atoms with Crippen LogP contribution in [0.1, 0.15) is 11.7 Å². The van der Waals surface area contributed by atoms with Crippen LogP contribution in [-0.4, -0.2) is 37.5 Å². The molecule has 0 bridgehead atoms. The first kappa shape index (κ1) is 11.2. The molecule has 96 valence electrons. The number of nitrogens with one attached hydrogen (secondary N) is 2. The van der Waals surface area contributed by atoms with Gasteiger partial charge < -0.3 is 25.2 Å². The minimum Gasteiger partial charge on any atom is -0.454 e. The summed E-state index contributed by atoms with van der Waals surface area (Å²) in [6, 6.07) is 5.45. The van der Waals surface area contributed by atoms with E-state index in [0.29, 0.717) is 12.3 Å². The molecule has 0 saturated heterocycles. The second-order valence-corrected chi connectivity index (χ2v) is 4.17. The van der Waals surface area contributed by atoms with Gasteiger partial charge in [0.25, 0.3) is 0 Å². The molecular weight excluding hydrogens is 234 g/mol. The van der Waals surface area contributed by atoms with Crippen LogP contribution in [0.15, 0.2) is 23.2 Å². The molecule has 1 aromatic rings. The minimum absolute atomic E-state index is 0.244. The number of nitrogens with zero attached hydrogens (tertiary/aromatic N) is 1. The number of benzene rings is 1. The number of hydrogen-bond donors (Lipinski definition) is 3. The van der Waals surface area contributed by atoms with Crippen molar-refractivity contribution >= 4 is 5.96 Å². The Labute approximate surface area is 105 Å². The Hall–Kier alpha value is -1.95. The van der Waals surface area contributed by atoms with Gasteiger partial charge in [-0.25, -0.2) is 0 Å². The Morgan fingerprint density at radius 2 is 2.28 bits per heavy atom. The van der Waals surface area contributed by atoms with Crippen molar-refractivity contribution in [1.82, 2.24) is 10.6 Å². The molecule has 1 atom stereocenters. The van der Waals surface area contributed by atoms with Crippen molar-refractivity contribution in [3.8, 4) is 11.5 Å². The summed E-state index contributed by atoms with van der Waals surface area (Å²) < 4.78 is 10.5. The van der Waals surface area contributed by atoms with Gasteiger partial charge in [-0.2, -0.15) is 0 Å². The molecule has 0 aliphatic carbocycles. The maximum Gasteiger partial charge on any atom is 0.231 e. The Kier molecular flexibility index (Phi) is 2.93. The highest BCUT2D eigenvalue weighted by molar-refractivity contribution is 5.81. The van der Waals surface area contributed by atoms with Crippen LogP contribution in [0, 0.1) is 0 Å². The van der Waals surface area contributed by atoms with Gasteiger partial charge in [-0.05, 0) is 17.7 Å². The molecule has 0 aromatic heterocycles. The lowest BCUT2D eigenvalue weighted by Crippen LogP contribution is -2.36. The Bertz CT molecular complexity index is 476. The third-order valence-electron chi connectivity index (χ3n) is 2.92.